The van der Waals surface area contributed by atoms with Crippen molar-refractivity contribution in [2.75, 3.05) is 11.9 Å². The Morgan fingerprint density at radius 1 is 1.23 bits per heavy atom. The van der Waals surface area contributed by atoms with Crippen molar-refractivity contribution in [2.24, 2.45) is 0 Å². The second-order valence-electron chi connectivity index (χ2n) is 6.27. The third-order valence-corrected chi connectivity index (χ3v) is 4.52. The second kappa shape index (κ2) is 7.43. The molecule has 1 unspecified atom stereocenters. The van der Waals surface area contributed by atoms with Crippen molar-refractivity contribution in [2.45, 2.75) is 32.2 Å². The number of aryl methyl sites for hydroxylation is 1. The largest absolute Gasteiger partial charge is 0.480 e. The third kappa shape index (κ3) is 3.61. The molecule has 1 saturated heterocycles. The molecule has 7 heteroatoms. The van der Waals surface area contributed by atoms with Crippen LogP contribution in [0.5, 0.6) is 0 Å². The molecule has 1 atom stereocenters. The van der Waals surface area contributed by atoms with Gasteiger partial charge in [0.2, 0.25) is 0 Å². The van der Waals surface area contributed by atoms with Crippen molar-refractivity contribution in [3.05, 3.63) is 53.5 Å². The summed E-state index contributed by atoms with van der Waals surface area (Å²) in [5.74, 6) is -1.15. The van der Waals surface area contributed by atoms with Crippen LogP contribution < -0.4 is 5.32 Å². The zero-order valence-electron chi connectivity index (χ0n) is 14.4. The van der Waals surface area contributed by atoms with Crippen LogP contribution in [0.25, 0.3) is 0 Å². The minimum absolute atomic E-state index is 0.331. The molecule has 136 valence electrons. The topological polar surface area (TPSA) is 99.9 Å². The van der Waals surface area contributed by atoms with E-state index in [9.17, 15) is 19.5 Å². The molecule has 1 aromatic carbocycles. The number of carboxylic acid groups (broad SMARTS) is 1. The number of carboxylic acids is 1. The second-order valence-corrected chi connectivity index (χ2v) is 6.27. The first-order valence-corrected chi connectivity index (χ1v) is 8.46. The minimum atomic E-state index is -0.988. The van der Waals surface area contributed by atoms with E-state index in [4.69, 9.17) is 4.42 Å². The zero-order valence-corrected chi connectivity index (χ0v) is 14.4. The number of amides is 2. The number of furan rings is 1. The van der Waals surface area contributed by atoms with E-state index in [0.717, 1.165) is 12.8 Å². The zero-order chi connectivity index (χ0) is 18.7. The van der Waals surface area contributed by atoms with E-state index in [0.29, 0.717) is 35.5 Å². The fourth-order valence-corrected chi connectivity index (χ4v) is 3.15. The Kier molecular flexibility index (Phi) is 5.06. The smallest absolute Gasteiger partial charge is 0.326 e. The molecule has 2 aromatic rings. The first-order valence-electron chi connectivity index (χ1n) is 8.46. The van der Waals surface area contributed by atoms with Crippen LogP contribution in [0.2, 0.25) is 0 Å². The van der Waals surface area contributed by atoms with Gasteiger partial charge < -0.3 is 19.7 Å². The van der Waals surface area contributed by atoms with Gasteiger partial charge in [-0.25, -0.2) is 4.79 Å². The number of anilines is 1. The molecule has 1 aliphatic heterocycles. The maximum atomic E-state index is 12.8. The van der Waals surface area contributed by atoms with Gasteiger partial charge in [-0.1, -0.05) is 6.07 Å². The summed E-state index contributed by atoms with van der Waals surface area (Å²) in [6, 6.07) is 7.28. The summed E-state index contributed by atoms with van der Waals surface area (Å²) in [6.07, 6.45) is 3.47. The molecule has 0 bridgehead atoms. The predicted molar refractivity (Wildman–Crippen MR) is 94.2 cm³/mol. The van der Waals surface area contributed by atoms with E-state index in [-0.39, 0.29) is 11.8 Å². The van der Waals surface area contributed by atoms with Crippen LogP contribution in [0.3, 0.4) is 0 Å². The molecule has 0 spiro atoms. The van der Waals surface area contributed by atoms with Gasteiger partial charge in [-0.15, -0.1) is 0 Å². The van der Waals surface area contributed by atoms with Crippen LogP contribution in [0, 0.1) is 6.92 Å². The van der Waals surface area contributed by atoms with Crippen molar-refractivity contribution >= 4 is 23.5 Å². The third-order valence-electron chi connectivity index (χ3n) is 4.52. The summed E-state index contributed by atoms with van der Waals surface area (Å²) >= 11 is 0. The van der Waals surface area contributed by atoms with E-state index in [1.165, 1.54) is 11.2 Å². The van der Waals surface area contributed by atoms with Crippen LogP contribution in [-0.4, -0.2) is 40.4 Å². The van der Waals surface area contributed by atoms with Gasteiger partial charge >= 0.3 is 5.97 Å². The van der Waals surface area contributed by atoms with E-state index in [1.807, 2.05) is 0 Å². The average molecular weight is 356 g/mol. The molecule has 26 heavy (non-hydrogen) atoms. The molecule has 3 rings (SSSR count). The summed E-state index contributed by atoms with van der Waals surface area (Å²) < 4.78 is 5.12. The summed E-state index contributed by atoms with van der Waals surface area (Å²) in [5.41, 5.74) is 1.23. The van der Waals surface area contributed by atoms with Crippen LogP contribution in [0.4, 0.5) is 5.69 Å². The van der Waals surface area contributed by atoms with Gasteiger partial charge in [0.25, 0.3) is 11.8 Å². The fraction of sp³-hybridized carbons (Fsp3) is 0.316. The Morgan fingerprint density at radius 2 is 2.04 bits per heavy atom. The molecule has 1 aromatic heterocycles. The number of carbonyl (C=O) groups is 3. The number of rotatable bonds is 4. The number of hydrogen-bond donors (Lipinski definition) is 2. The van der Waals surface area contributed by atoms with Gasteiger partial charge in [0.1, 0.15) is 11.8 Å². The summed E-state index contributed by atoms with van der Waals surface area (Å²) in [4.78, 5) is 37.9. The van der Waals surface area contributed by atoms with Crippen molar-refractivity contribution in [1.82, 2.24) is 4.90 Å². The van der Waals surface area contributed by atoms with Crippen LogP contribution in [-0.2, 0) is 4.79 Å². The van der Waals surface area contributed by atoms with Gasteiger partial charge in [-0.2, -0.15) is 0 Å². The number of nitrogens with one attached hydrogen (secondary N) is 1. The predicted octanol–water partition coefficient (Wildman–Crippen LogP) is 2.92. The Hall–Kier alpha value is -3.09. The van der Waals surface area contributed by atoms with Gasteiger partial charge in [-0.05, 0) is 50.5 Å². The van der Waals surface area contributed by atoms with Gasteiger partial charge in [0.15, 0.2) is 0 Å². The van der Waals surface area contributed by atoms with Crippen LogP contribution in [0.1, 0.15) is 45.7 Å². The molecular formula is C19H20N2O5. The molecule has 0 saturated carbocycles. The summed E-state index contributed by atoms with van der Waals surface area (Å²) in [7, 11) is 0. The summed E-state index contributed by atoms with van der Waals surface area (Å²) in [6.45, 7) is 2.11. The first kappa shape index (κ1) is 17.7. The maximum absolute atomic E-state index is 12.8. The Balaban J connectivity index is 1.78. The minimum Gasteiger partial charge on any atom is -0.480 e. The highest BCUT2D eigenvalue weighted by atomic mass is 16.4. The van der Waals surface area contributed by atoms with E-state index in [2.05, 4.69) is 5.32 Å². The number of piperidine rings is 1. The van der Waals surface area contributed by atoms with E-state index < -0.39 is 12.0 Å². The van der Waals surface area contributed by atoms with Gasteiger partial charge in [0.05, 0.1) is 11.8 Å². The normalized spacial score (nSPS) is 17.0. The summed E-state index contributed by atoms with van der Waals surface area (Å²) in [5, 5.41) is 12.1. The number of aliphatic carboxylic acids is 1. The maximum Gasteiger partial charge on any atom is 0.326 e. The molecule has 0 radical (unpaired) electrons. The number of hydrogen-bond acceptors (Lipinski definition) is 4. The standard InChI is InChI=1S/C19H20N2O5/c1-12-15(8-10-26-12)17(22)20-14-6-4-5-13(11-14)18(23)21-9-3-2-7-16(21)19(24)25/h4-6,8,10-11,16H,2-3,7,9H2,1H3,(H,20,22)(H,24,25). The Morgan fingerprint density at radius 3 is 2.73 bits per heavy atom. The molecule has 0 aliphatic carbocycles. The van der Waals surface area contributed by atoms with Gasteiger partial charge in [-0.3, -0.25) is 9.59 Å². The number of likely N-dealkylation sites (tertiary alicyclic amines) is 1. The molecule has 2 N–H and O–H groups in total. The molecule has 7 nitrogen and oxygen atoms in total. The monoisotopic (exact) mass is 356 g/mol. The SMILES string of the molecule is Cc1occc1C(=O)Nc1cccc(C(=O)N2CCCCC2C(=O)O)c1. The fourth-order valence-electron chi connectivity index (χ4n) is 3.15. The number of carbonyl (C=O) groups excluding carboxylic acids is 2. The molecule has 2 amide bonds. The molecule has 2 heterocycles. The average Bonchev–Trinajstić information content (AvgIpc) is 3.07. The lowest BCUT2D eigenvalue weighted by Crippen LogP contribution is -2.48. The lowest BCUT2D eigenvalue weighted by atomic mass is 10.0. The Bertz CT molecular complexity index is 842. The number of benzene rings is 1. The van der Waals surface area contributed by atoms with Crippen LogP contribution in [0.15, 0.2) is 41.0 Å². The highest BCUT2D eigenvalue weighted by Crippen LogP contribution is 2.22. The molecular weight excluding hydrogens is 336 g/mol. The Labute approximate surface area is 150 Å². The van der Waals surface area contributed by atoms with Crippen molar-refractivity contribution in [1.29, 1.82) is 0 Å². The van der Waals surface area contributed by atoms with Crippen molar-refractivity contribution in [3.63, 3.8) is 0 Å². The lowest BCUT2D eigenvalue weighted by molar-refractivity contribution is -0.143. The van der Waals surface area contributed by atoms with Crippen molar-refractivity contribution in [3.8, 4) is 0 Å². The van der Waals surface area contributed by atoms with Crippen LogP contribution >= 0.6 is 0 Å². The number of nitrogens with zero attached hydrogens (tertiary/aromatic N) is 1. The lowest BCUT2D eigenvalue weighted by Gasteiger charge is -2.33. The highest BCUT2D eigenvalue weighted by molar-refractivity contribution is 6.05. The molecule has 1 aliphatic rings. The molecule has 1 fully saturated rings. The first-order chi connectivity index (χ1) is 12.5. The van der Waals surface area contributed by atoms with Crippen molar-refractivity contribution < 1.29 is 23.9 Å². The quantitative estimate of drug-likeness (QED) is 0.877. The van der Waals surface area contributed by atoms with E-state index in [1.54, 1.807) is 37.3 Å². The highest BCUT2D eigenvalue weighted by Gasteiger charge is 2.32. The van der Waals surface area contributed by atoms with Gasteiger partial charge in [0, 0.05) is 17.8 Å². The van der Waals surface area contributed by atoms with E-state index >= 15 is 0 Å².